The maximum absolute atomic E-state index is 12.0. The molecule has 2 aromatic rings. The van der Waals surface area contributed by atoms with Gasteiger partial charge in [0.2, 0.25) is 0 Å². The van der Waals surface area contributed by atoms with Crippen LogP contribution in [0.4, 0.5) is 5.69 Å². The average molecular weight is 1060 g/mol. The minimum Gasteiger partial charge on any atom is -0.400 e. The van der Waals surface area contributed by atoms with Gasteiger partial charge >= 0.3 is 11.4 Å². The van der Waals surface area contributed by atoms with Crippen LogP contribution in [0.5, 0.6) is 0 Å². The smallest absolute Gasteiger partial charge is 0.349 e. The van der Waals surface area contributed by atoms with Gasteiger partial charge in [-0.3, -0.25) is 19.6 Å². The Morgan fingerprint density at radius 1 is 0.760 bits per heavy atom. The molecule has 0 saturated heterocycles. The van der Waals surface area contributed by atoms with Crippen LogP contribution < -0.4 is 27.4 Å². The van der Waals surface area contributed by atoms with Crippen molar-refractivity contribution in [2.75, 3.05) is 29.7 Å². The van der Waals surface area contributed by atoms with Gasteiger partial charge in [0.15, 0.2) is 23.0 Å². The number of aromatic amines is 2. The van der Waals surface area contributed by atoms with Crippen LogP contribution in [0, 0.1) is 27.7 Å². The van der Waals surface area contributed by atoms with E-state index in [0.717, 1.165) is 46.3 Å². The van der Waals surface area contributed by atoms with Crippen LogP contribution in [0.25, 0.3) is 45.1 Å². The van der Waals surface area contributed by atoms with Gasteiger partial charge in [-0.1, -0.05) is 0 Å². The molecule has 4 aliphatic heterocycles. The number of halogens is 2. The Balaban J connectivity index is 0.000000260. The van der Waals surface area contributed by atoms with Crippen LogP contribution in [-0.4, -0.2) is 63.9 Å². The van der Waals surface area contributed by atoms with E-state index in [1.54, 1.807) is 23.2 Å². The number of hydrogen-bond donors (Lipinski definition) is 2. The van der Waals surface area contributed by atoms with Gasteiger partial charge in [-0.15, -0.1) is 29.7 Å². The number of nitrogens with one attached hydrogen (secondary N) is 2. The van der Waals surface area contributed by atoms with Gasteiger partial charge in [0.05, 0.1) is 22.1 Å². The number of fused-ring (bicyclic) bond motifs is 4. The molecule has 2 aromatic carbocycles. The first kappa shape index (κ1) is 41.2. The second kappa shape index (κ2) is 17.3. The third-order valence-electron chi connectivity index (χ3n) is 8.40. The summed E-state index contributed by atoms with van der Waals surface area (Å²) in [5, 5.41) is 0. The van der Waals surface area contributed by atoms with Crippen LogP contribution in [0.1, 0.15) is 35.4 Å². The van der Waals surface area contributed by atoms with Crippen LogP contribution >= 0.6 is 23.2 Å². The fourth-order valence-corrected chi connectivity index (χ4v) is 6.38. The number of rotatable bonds is 8. The first-order valence-electron chi connectivity index (χ1n) is 15.2. The Bertz CT molecular complexity index is 2320. The molecule has 0 spiro atoms. The molecule has 17 heteroatoms. The summed E-state index contributed by atoms with van der Waals surface area (Å²) in [6.45, 7) is 13.2. The second-order valence-corrected chi connectivity index (χ2v) is 12.1. The zero-order chi connectivity index (χ0) is 34.9. The van der Waals surface area contributed by atoms with Crippen molar-refractivity contribution >= 4 is 51.0 Å². The first-order valence-corrected chi connectivity index (χ1v) is 16.3. The zero-order valence-electron chi connectivity index (χ0n) is 27.9. The third-order valence-corrected chi connectivity index (χ3v) is 8.79. The molecular weight excluding hydrogens is 1030 g/mol. The van der Waals surface area contributed by atoms with Crippen molar-refractivity contribution in [2.45, 2.75) is 32.6 Å². The van der Waals surface area contributed by atoms with E-state index in [9.17, 15) is 19.2 Å². The Hall–Kier alpha value is -3.24. The van der Waals surface area contributed by atoms with Crippen molar-refractivity contribution in [2.24, 2.45) is 14.1 Å². The predicted octanol–water partition coefficient (Wildman–Crippen LogP) is 3.67. The fourth-order valence-electron chi connectivity index (χ4n) is 5.91. The van der Waals surface area contributed by atoms with Crippen molar-refractivity contribution in [3.63, 3.8) is 0 Å². The summed E-state index contributed by atoms with van der Waals surface area (Å²) in [5.41, 5.74) is 5.05. The van der Waals surface area contributed by atoms with Gasteiger partial charge in [0.25, 0.3) is 11.1 Å². The molecule has 2 N–H and O–H groups in total. The van der Waals surface area contributed by atoms with Crippen molar-refractivity contribution in [1.29, 1.82) is 0 Å². The standard InChI is InChI=1S/C17H18ClN4O2.C16H17ClN5O2.2W/c1-4-10(5-6-18)11-8-12-13(7-9(11)2)22(3)15-14(19-12)16(23)21-17(24)20-15;1-4-22(6-5-17)11-8-12-10(7-9(11)2)18-13-14(21(12)3)19-16(24)20-15(13)23;;/h7-8,10H,1,4-6H2,2-3H3,(H,21,23,24);7-8H,1,4-6H2,2-3H3,(H,20,23,24);;/q2*-1;;. The van der Waals surface area contributed by atoms with E-state index in [1.807, 2.05) is 38.1 Å². The topological polar surface area (TPSA) is 165 Å². The van der Waals surface area contributed by atoms with Gasteiger partial charge in [-0.2, -0.15) is 16.4 Å². The van der Waals surface area contributed by atoms with Crippen LogP contribution in [0.2, 0.25) is 0 Å². The van der Waals surface area contributed by atoms with Gasteiger partial charge in [-0.05, 0) is 67.1 Å². The maximum Gasteiger partial charge on any atom is 0.349 e. The largest absolute Gasteiger partial charge is 0.400 e. The molecule has 0 radical (unpaired) electrons. The fraction of sp³-hybridized carbons (Fsp3) is 0.333. The molecule has 0 bridgehead atoms. The number of nitrogens with zero attached hydrogens (tertiary/aromatic N) is 7. The van der Waals surface area contributed by atoms with Crippen molar-refractivity contribution in [1.82, 2.24) is 39.0 Å². The zero-order valence-corrected chi connectivity index (χ0v) is 35.3. The summed E-state index contributed by atoms with van der Waals surface area (Å²) < 4.78 is 3.44. The van der Waals surface area contributed by atoms with Gasteiger partial charge in [0.1, 0.15) is 0 Å². The summed E-state index contributed by atoms with van der Waals surface area (Å²) in [7, 11) is 3.53. The van der Waals surface area contributed by atoms with Crippen LogP contribution in [0.3, 0.4) is 0 Å². The van der Waals surface area contributed by atoms with E-state index in [4.69, 9.17) is 23.2 Å². The number of aryl methyl sites for hydroxylation is 4. The minimum atomic E-state index is -0.682. The molecular formula is C33H35Cl2N9O4W2-2. The average Bonchev–Trinajstić information content (AvgIpc) is 3.04. The molecule has 0 aliphatic carbocycles. The molecule has 4 heterocycles. The van der Waals surface area contributed by atoms with Crippen molar-refractivity contribution in [3.8, 4) is 23.0 Å². The molecule has 6 rings (SSSR count). The van der Waals surface area contributed by atoms with Gasteiger partial charge < -0.3 is 27.9 Å². The summed E-state index contributed by atoms with van der Waals surface area (Å²) >= 11 is 11.8. The normalized spacial score (nSPS) is 11.6. The molecule has 0 aromatic heterocycles. The number of H-pyrrole nitrogens is 2. The van der Waals surface area contributed by atoms with E-state index in [2.05, 4.69) is 48.7 Å². The molecule has 0 fully saturated rings. The Labute approximate surface area is 326 Å². The quantitative estimate of drug-likeness (QED) is 0.132. The molecule has 1 atom stereocenters. The van der Waals surface area contributed by atoms with Crippen molar-refractivity contribution < 1.29 is 42.1 Å². The predicted molar refractivity (Wildman–Crippen MR) is 190 cm³/mol. The molecule has 4 aliphatic rings. The summed E-state index contributed by atoms with van der Waals surface area (Å²) in [6.07, 6.45) is 1.57. The SMILES string of the molecule is [CH2-]CC(CCCl)c1cc2nc3c(=O)[nH]c(=O)nc-3n(C)c2cc1C.[CH2-]CN(CCCl)c1cc2c(cc1C)nc1c(=O)[nH]c(=O)nc-1n2C.[W].[W]. The summed E-state index contributed by atoms with van der Waals surface area (Å²) in [4.78, 5) is 70.0. The molecule has 0 saturated carbocycles. The molecule has 1 unspecified atom stereocenters. The number of hydrogen-bond acceptors (Lipinski definition) is 9. The van der Waals surface area contributed by atoms with E-state index < -0.39 is 22.5 Å². The Morgan fingerprint density at radius 2 is 1.28 bits per heavy atom. The van der Waals surface area contributed by atoms with Gasteiger partial charge in [-0.25, -0.2) is 19.6 Å². The van der Waals surface area contributed by atoms with E-state index in [-0.39, 0.29) is 71.1 Å². The number of alkyl halides is 2. The molecule has 0 amide bonds. The summed E-state index contributed by atoms with van der Waals surface area (Å²) in [6, 6.07) is 7.85. The van der Waals surface area contributed by atoms with Crippen molar-refractivity contribution in [3.05, 3.63) is 96.5 Å². The monoisotopic (exact) mass is 1060 g/mol. The first-order chi connectivity index (χ1) is 22.9. The van der Waals surface area contributed by atoms with Crippen LogP contribution in [-0.2, 0) is 56.2 Å². The second-order valence-electron chi connectivity index (χ2n) is 11.4. The number of benzene rings is 2. The molecule has 13 nitrogen and oxygen atoms in total. The maximum atomic E-state index is 12.0. The van der Waals surface area contributed by atoms with E-state index in [1.165, 1.54) is 0 Å². The molecule has 264 valence electrons. The Morgan fingerprint density at radius 3 is 1.76 bits per heavy atom. The van der Waals surface area contributed by atoms with E-state index >= 15 is 0 Å². The van der Waals surface area contributed by atoms with Crippen LogP contribution in [0.15, 0.2) is 43.4 Å². The Kier molecular flexibility index (Phi) is 14.3. The summed E-state index contributed by atoms with van der Waals surface area (Å²) in [5.74, 6) is 1.83. The number of aromatic nitrogens is 8. The van der Waals surface area contributed by atoms with Gasteiger partial charge in [0, 0.05) is 80.2 Å². The van der Waals surface area contributed by atoms with E-state index in [0.29, 0.717) is 35.9 Å². The minimum absolute atomic E-state index is 0. The number of anilines is 1. The molecule has 50 heavy (non-hydrogen) atoms. The third kappa shape index (κ3) is 8.12.